The summed E-state index contributed by atoms with van der Waals surface area (Å²) in [6.45, 7) is 4.18. The number of hydrogen-bond donors (Lipinski definition) is 2. The van der Waals surface area contributed by atoms with Crippen molar-refractivity contribution in [3.63, 3.8) is 0 Å². The molecule has 1 unspecified atom stereocenters. The van der Waals surface area contributed by atoms with E-state index in [0.717, 1.165) is 12.8 Å². The topological polar surface area (TPSA) is 72.9 Å². The van der Waals surface area contributed by atoms with Crippen molar-refractivity contribution >= 4 is 11.6 Å². The maximum absolute atomic E-state index is 11.9. The van der Waals surface area contributed by atoms with E-state index in [1.165, 1.54) is 23.7 Å². The van der Waals surface area contributed by atoms with Crippen LogP contribution in [0.1, 0.15) is 50.0 Å². The Morgan fingerprint density at radius 2 is 2.29 bits per heavy atom. The van der Waals surface area contributed by atoms with Crippen LogP contribution in [0.4, 0.5) is 5.69 Å². The fourth-order valence-electron chi connectivity index (χ4n) is 1.80. The van der Waals surface area contributed by atoms with E-state index in [1.807, 2.05) is 6.92 Å². The number of nitrogens with one attached hydrogen (secondary N) is 1. The second-order valence-electron chi connectivity index (χ2n) is 4.44. The van der Waals surface area contributed by atoms with Crippen LogP contribution < -0.4 is 11.1 Å². The molecule has 3 N–H and O–H groups in total. The van der Waals surface area contributed by atoms with Gasteiger partial charge in [0.15, 0.2) is 0 Å². The number of amides is 1. The average molecular weight is 238 g/mol. The molecule has 0 radical (unpaired) electrons. The Morgan fingerprint density at radius 3 is 2.82 bits per heavy atom. The lowest BCUT2D eigenvalue weighted by molar-refractivity contribution is 0.0929. The molecule has 96 valence electrons. The molecule has 1 rings (SSSR count). The number of carbonyl (C=O) groups excluding carboxylic acids is 1. The van der Waals surface area contributed by atoms with Crippen LogP contribution >= 0.6 is 0 Å². The van der Waals surface area contributed by atoms with Gasteiger partial charge in [-0.15, -0.1) is 0 Å². The number of rotatable bonds is 6. The molecule has 5 heteroatoms. The molecule has 1 atom stereocenters. The molecule has 5 nitrogen and oxygen atoms in total. The van der Waals surface area contributed by atoms with Crippen LogP contribution in [0.25, 0.3) is 0 Å². The van der Waals surface area contributed by atoms with Crippen LogP contribution in [0.5, 0.6) is 0 Å². The molecule has 1 amide bonds. The molecule has 0 aliphatic rings. The minimum absolute atomic E-state index is 0.147. The summed E-state index contributed by atoms with van der Waals surface area (Å²) in [5, 5.41) is 6.89. The first kappa shape index (κ1) is 13.5. The van der Waals surface area contributed by atoms with Crippen LogP contribution in [0, 0.1) is 0 Å². The molecule has 0 saturated heterocycles. The maximum atomic E-state index is 11.9. The van der Waals surface area contributed by atoms with E-state index >= 15 is 0 Å². The van der Waals surface area contributed by atoms with Crippen molar-refractivity contribution in [1.29, 1.82) is 0 Å². The Labute approximate surface area is 102 Å². The fraction of sp³-hybridized carbons (Fsp3) is 0.667. The van der Waals surface area contributed by atoms with Gasteiger partial charge < -0.3 is 11.1 Å². The van der Waals surface area contributed by atoms with Gasteiger partial charge in [-0.05, 0) is 13.3 Å². The van der Waals surface area contributed by atoms with Gasteiger partial charge in [-0.1, -0.05) is 26.2 Å². The Morgan fingerprint density at radius 1 is 1.59 bits per heavy atom. The molecule has 0 aliphatic carbocycles. The third-order valence-electron chi connectivity index (χ3n) is 2.80. The number of aryl methyl sites for hydroxylation is 1. The second kappa shape index (κ2) is 6.27. The van der Waals surface area contributed by atoms with E-state index in [4.69, 9.17) is 5.73 Å². The Hall–Kier alpha value is -1.52. The van der Waals surface area contributed by atoms with Gasteiger partial charge in [0.1, 0.15) is 5.69 Å². The van der Waals surface area contributed by atoms with Crippen molar-refractivity contribution in [1.82, 2.24) is 15.1 Å². The number of nitrogens with two attached hydrogens (primary N) is 1. The summed E-state index contributed by atoms with van der Waals surface area (Å²) < 4.78 is 1.50. The van der Waals surface area contributed by atoms with Crippen molar-refractivity contribution < 1.29 is 4.79 Å². The zero-order valence-corrected chi connectivity index (χ0v) is 10.9. The van der Waals surface area contributed by atoms with E-state index in [0.29, 0.717) is 11.4 Å². The number of hydrogen-bond acceptors (Lipinski definition) is 3. The van der Waals surface area contributed by atoms with Gasteiger partial charge in [-0.3, -0.25) is 9.48 Å². The molecule has 1 aromatic rings. The van der Waals surface area contributed by atoms with Crippen molar-refractivity contribution in [2.24, 2.45) is 7.05 Å². The summed E-state index contributed by atoms with van der Waals surface area (Å²) in [6, 6.07) is 0.170. The highest BCUT2D eigenvalue weighted by atomic mass is 16.2. The molecule has 1 heterocycles. The first-order valence-corrected chi connectivity index (χ1v) is 6.14. The van der Waals surface area contributed by atoms with Crippen LogP contribution in [-0.4, -0.2) is 21.7 Å². The lowest BCUT2D eigenvalue weighted by atomic mass is 10.1. The van der Waals surface area contributed by atoms with Crippen molar-refractivity contribution in [2.45, 2.75) is 45.6 Å². The van der Waals surface area contributed by atoms with Gasteiger partial charge in [0.05, 0.1) is 11.9 Å². The third-order valence-corrected chi connectivity index (χ3v) is 2.80. The normalized spacial score (nSPS) is 12.4. The van der Waals surface area contributed by atoms with Crippen molar-refractivity contribution in [2.75, 3.05) is 5.73 Å². The Kier molecular flexibility index (Phi) is 5.00. The lowest BCUT2D eigenvalue weighted by Crippen LogP contribution is -2.34. The van der Waals surface area contributed by atoms with Gasteiger partial charge >= 0.3 is 0 Å². The smallest absolute Gasteiger partial charge is 0.271 e. The molecule has 0 fully saturated rings. The molecule has 0 aromatic carbocycles. The summed E-state index contributed by atoms with van der Waals surface area (Å²) in [5.74, 6) is -0.147. The van der Waals surface area contributed by atoms with Crippen LogP contribution in [0.2, 0.25) is 0 Å². The van der Waals surface area contributed by atoms with Crippen molar-refractivity contribution in [3.05, 3.63) is 11.9 Å². The quantitative estimate of drug-likeness (QED) is 0.741. The van der Waals surface area contributed by atoms with Crippen LogP contribution in [0.3, 0.4) is 0 Å². The van der Waals surface area contributed by atoms with Gasteiger partial charge in [-0.2, -0.15) is 5.10 Å². The number of anilines is 1. The lowest BCUT2D eigenvalue weighted by Gasteiger charge is -2.13. The molecular weight excluding hydrogens is 216 g/mol. The zero-order chi connectivity index (χ0) is 12.8. The predicted octanol–water partition coefficient (Wildman–Crippen LogP) is 1.70. The molecule has 0 spiro atoms. The predicted molar refractivity (Wildman–Crippen MR) is 68.7 cm³/mol. The van der Waals surface area contributed by atoms with E-state index in [9.17, 15) is 4.79 Å². The molecule has 17 heavy (non-hydrogen) atoms. The summed E-state index contributed by atoms with van der Waals surface area (Å²) in [7, 11) is 1.72. The first-order valence-electron chi connectivity index (χ1n) is 6.14. The fourth-order valence-corrected chi connectivity index (χ4v) is 1.80. The van der Waals surface area contributed by atoms with E-state index in [-0.39, 0.29) is 11.9 Å². The Balaban J connectivity index is 2.49. The standard InChI is InChI=1S/C12H22N4O/c1-4-5-6-7-9(2)15-12(17)11-10(13)8-14-16(11)3/h8-9H,4-7,13H2,1-3H3,(H,15,17). The number of nitrogens with zero attached hydrogens (tertiary/aromatic N) is 2. The van der Waals surface area contributed by atoms with E-state index in [1.54, 1.807) is 7.05 Å². The van der Waals surface area contributed by atoms with Gasteiger partial charge in [0.2, 0.25) is 0 Å². The van der Waals surface area contributed by atoms with Gasteiger partial charge in [-0.25, -0.2) is 0 Å². The van der Waals surface area contributed by atoms with E-state index in [2.05, 4.69) is 17.3 Å². The summed E-state index contributed by atoms with van der Waals surface area (Å²) >= 11 is 0. The SMILES string of the molecule is CCCCCC(C)NC(=O)c1c(N)cnn1C. The van der Waals surface area contributed by atoms with Gasteiger partial charge in [0, 0.05) is 13.1 Å². The molecule has 0 saturated carbocycles. The van der Waals surface area contributed by atoms with Crippen LogP contribution in [0.15, 0.2) is 6.20 Å². The average Bonchev–Trinajstić information content (AvgIpc) is 2.58. The largest absolute Gasteiger partial charge is 0.396 e. The minimum Gasteiger partial charge on any atom is -0.396 e. The molecule has 1 aromatic heterocycles. The molecule has 0 aliphatic heterocycles. The second-order valence-corrected chi connectivity index (χ2v) is 4.44. The molecule has 0 bridgehead atoms. The minimum atomic E-state index is -0.147. The maximum Gasteiger partial charge on any atom is 0.271 e. The first-order chi connectivity index (χ1) is 8.06. The summed E-state index contributed by atoms with van der Waals surface area (Å²) in [5.41, 5.74) is 6.55. The number of carbonyl (C=O) groups is 1. The van der Waals surface area contributed by atoms with Gasteiger partial charge in [0.25, 0.3) is 5.91 Å². The molecular formula is C12H22N4O. The highest BCUT2D eigenvalue weighted by Crippen LogP contribution is 2.10. The number of nitrogen functional groups attached to an aromatic ring is 1. The number of aromatic nitrogens is 2. The Bertz CT molecular complexity index is 353. The summed E-state index contributed by atoms with van der Waals surface area (Å²) in [4.78, 5) is 11.9. The highest BCUT2D eigenvalue weighted by Gasteiger charge is 2.16. The number of unbranched alkanes of at least 4 members (excludes halogenated alkanes) is 2. The summed E-state index contributed by atoms with van der Waals surface area (Å²) in [6.07, 6.45) is 6.02. The van der Waals surface area contributed by atoms with Crippen molar-refractivity contribution in [3.8, 4) is 0 Å². The zero-order valence-electron chi connectivity index (χ0n) is 10.9. The third kappa shape index (κ3) is 3.76. The monoisotopic (exact) mass is 238 g/mol. The van der Waals surface area contributed by atoms with E-state index < -0.39 is 0 Å². The highest BCUT2D eigenvalue weighted by molar-refractivity contribution is 5.97. The van der Waals surface area contributed by atoms with Crippen LogP contribution in [-0.2, 0) is 7.05 Å².